The summed E-state index contributed by atoms with van der Waals surface area (Å²) in [6.45, 7) is 3.02. The Morgan fingerprint density at radius 2 is 2.11 bits per heavy atom. The number of amides is 1. The number of nitrogens with one attached hydrogen (secondary N) is 1. The second-order valence-electron chi connectivity index (χ2n) is 4.83. The summed E-state index contributed by atoms with van der Waals surface area (Å²) < 4.78 is 10.6. The molecule has 19 heavy (non-hydrogen) atoms. The monoisotopic (exact) mass is 264 g/mol. The molecule has 1 atom stereocenters. The van der Waals surface area contributed by atoms with E-state index in [4.69, 9.17) is 9.47 Å². The van der Waals surface area contributed by atoms with Crippen molar-refractivity contribution in [3.63, 3.8) is 0 Å². The molecule has 1 aliphatic heterocycles. The van der Waals surface area contributed by atoms with Crippen molar-refractivity contribution in [2.75, 3.05) is 27.4 Å². The minimum absolute atomic E-state index is 0.130. The second kappa shape index (κ2) is 5.93. The van der Waals surface area contributed by atoms with Crippen LogP contribution in [0.5, 0.6) is 11.5 Å². The molecule has 5 nitrogen and oxygen atoms in total. The molecule has 5 heteroatoms. The van der Waals surface area contributed by atoms with Crippen LogP contribution in [-0.2, 0) is 4.79 Å². The maximum absolute atomic E-state index is 11.5. The number of carbonyl (C=O) groups is 1. The number of hydrogen-bond donors (Lipinski definition) is 1. The molecule has 1 aromatic carbocycles. The van der Waals surface area contributed by atoms with Crippen LogP contribution in [0.1, 0.15) is 24.9 Å². The molecule has 1 unspecified atom stereocenters. The van der Waals surface area contributed by atoms with E-state index in [0.29, 0.717) is 13.0 Å². The first kappa shape index (κ1) is 13.7. The van der Waals surface area contributed by atoms with Gasteiger partial charge in [0, 0.05) is 33.1 Å². The van der Waals surface area contributed by atoms with Gasteiger partial charge in [-0.3, -0.25) is 4.79 Å². The molecule has 0 fully saturated rings. The van der Waals surface area contributed by atoms with E-state index in [1.54, 1.807) is 19.0 Å². The van der Waals surface area contributed by atoms with Gasteiger partial charge in [0.2, 0.25) is 12.7 Å². The highest BCUT2D eigenvalue weighted by Gasteiger charge is 2.15. The number of carbonyl (C=O) groups excluding carboxylic acids is 1. The lowest BCUT2D eigenvalue weighted by Crippen LogP contribution is -2.28. The highest BCUT2D eigenvalue weighted by atomic mass is 16.7. The molecule has 104 valence electrons. The normalized spacial score (nSPS) is 14.3. The number of nitrogens with zero attached hydrogens (tertiary/aromatic N) is 1. The van der Waals surface area contributed by atoms with Crippen molar-refractivity contribution >= 4 is 5.91 Å². The number of rotatable bonds is 5. The van der Waals surface area contributed by atoms with E-state index < -0.39 is 0 Å². The van der Waals surface area contributed by atoms with Crippen LogP contribution in [0.2, 0.25) is 0 Å². The zero-order chi connectivity index (χ0) is 13.8. The third-order valence-corrected chi connectivity index (χ3v) is 3.18. The van der Waals surface area contributed by atoms with Crippen LogP contribution in [0.15, 0.2) is 18.2 Å². The molecule has 0 bridgehead atoms. The highest BCUT2D eigenvalue weighted by molar-refractivity contribution is 5.75. The second-order valence-corrected chi connectivity index (χ2v) is 4.83. The Kier molecular flexibility index (Phi) is 4.27. The van der Waals surface area contributed by atoms with Crippen molar-refractivity contribution in [3.05, 3.63) is 23.8 Å². The SMILES string of the molecule is CC(NCCC(=O)N(C)C)c1ccc2c(c1)OCO2. The lowest BCUT2D eigenvalue weighted by molar-refractivity contribution is -0.128. The molecule has 1 N–H and O–H groups in total. The van der Waals surface area contributed by atoms with E-state index in [-0.39, 0.29) is 18.7 Å². The first-order valence-corrected chi connectivity index (χ1v) is 6.41. The quantitative estimate of drug-likeness (QED) is 0.876. The predicted molar refractivity (Wildman–Crippen MR) is 72.3 cm³/mol. The fourth-order valence-corrected chi connectivity index (χ4v) is 1.92. The molecular formula is C14H20N2O3. The first-order chi connectivity index (χ1) is 9.08. The van der Waals surface area contributed by atoms with E-state index >= 15 is 0 Å². The van der Waals surface area contributed by atoms with Gasteiger partial charge in [-0.2, -0.15) is 0 Å². The molecule has 0 saturated carbocycles. The largest absolute Gasteiger partial charge is 0.454 e. The molecule has 2 rings (SSSR count). The Labute approximate surface area is 113 Å². The summed E-state index contributed by atoms with van der Waals surface area (Å²) in [5, 5.41) is 3.33. The molecule has 1 aromatic rings. The average Bonchev–Trinajstić information content (AvgIpc) is 2.85. The van der Waals surface area contributed by atoms with Crippen LogP contribution in [0.4, 0.5) is 0 Å². The van der Waals surface area contributed by atoms with Gasteiger partial charge in [-0.25, -0.2) is 0 Å². The molecule has 0 radical (unpaired) electrons. The van der Waals surface area contributed by atoms with Crippen LogP contribution in [0.25, 0.3) is 0 Å². The van der Waals surface area contributed by atoms with Crippen LogP contribution >= 0.6 is 0 Å². The van der Waals surface area contributed by atoms with Gasteiger partial charge in [-0.05, 0) is 24.6 Å². The maximum Gasteiger partial charge on any atom is 0.231 e. The van der Waals surface area contributed by atoms with E-state index in [1.807, 2.05) is 18.2 Å². The number of hydrogen-bond acceptors (Lipinski definition) is 4. The van der Waals surface area contributed by atoms with Crippen LogP contribution in [0, 0.1) is 0 Å². The Bertz CT molecular complexity index is 460. The number of ether oxygens (including phenoxy) is 2. The van der Waals surface area contributed by atoms with Gasteiger partial charge in [-0.15, -0.1) is 0 Å². The molecule has 1 aliphatic rings. The van der Waals surface area contributed by atoms with Crippen molar-refractivity contribution < 1.29 is 14.3 Å². The topological polar surface area (TPSA) is 50.8 Å². The van der Waals surface area contributed by atoms with E-state index in [1.165, 1.54) is 0 Å². The van der Waals surface area contributed by atoms with E-state index in [0.717, 1.165) is 17.1 Å². The van der Waals surface area contributed by atoms with Gasteiger partial charge in [0.25, 0.3) is 0 Å². The molecular weight excluding hydrogens is 244 g/mol. The van der Waals surface area contributed by atoms with Gasteiger partial charge < -0.3 is 19.7 Å². The standard InChI is InChI=1S/C14H20N2O3/c1-10(15-7-6-14(17)16(2)3)11-4-5-12-13(8-11)19-9-18-12/h4-5,8,10,15H,6-7,9H2,1-3H3. The Morgan fingerprint density at radius 1 is 1.37 bits per heavy atom. The first-order valence-electron chi connectivity index (χ1n) is 6.41. The van der Waals surface area contributed by atoms with Crippen LogP contribution in [0.3, 0.4) is 0 Å². The summed E-state index contributed by atoms with van der Waals surface area (Å²) in [5.41, 5.74) is 1.13. The Morgan fingerprint density at radius 3 is 2.84 bits per heavy atom. The molecule has 0 aliphatic carbocycles. The average molecular weight is 264 g/mol. The molecule has 1 heterocycles. The fourth-order valence-electron chi connectivity index (χ4n) is 1.92. The summed E-state index contributed by atoms with van der Waals surface area (Å²) in [6, 6.07) is 6.08. The summed E-state index contributed by atoms with van der Waals surface area (Å²) in [5.74, 6) is 1.71. The zero-order valence-electron chi connectivity index (χ0n) is 11.6. The Hall–Kier alpha value is -1.75. The number of fused-ring (bicyclic) bond motifs is 1. The van der Waals surface area contributed by atoms with Crippen molar-refractivity contribution in [2.45, 2.75) is 19.4 Å². The highest BCUT2D eigenvalue weighted by Crippen LogP contribution is 2.34. The minimum atomic E-state index is 0.130. The smallest absolute Gasteiger partial charge is 0.231 e. The van der Waals surface area contributed by atoms with Gasteiger partial charge in [0.05, 0.1) is 0 Å². The lowest BCUT2D eigenvalue weighted by Gasteiger charge is -2.16. The minimum Gasteiger partial charge on any atom is -0.454 e. The lowest BCUT2D eigenvalue weighted by atomic mass is 10.1. The van der Waals surface area contributed by atoms with Crippen LogP contribution in [-0.4, -0.2) is 38.2 Å². The maximum atomic E-state index is 11.5. The van der Waals surface area contributed by atoms with Crippen molar-refractivity contribution in [1.82, 2.24) is 10.2 Å². The van der Waals surface area contributed by atoms with Crippen LogP contribution < -0.4 is 14.8 Å². The summed E-state index contributed by atoms with van der Waals surface area (Å²) in [6.07, 6.45) is 0.502. The fraction of sp³-hybridized carbons (Fsp3) is 0.500. The predicted octanol–water partition coefficient (Wildman–Crippen LogP) is 1.54. The van der Waals surface area contributed by atoms with Crippen molar-refractivity contribution in [3.8, 4) is 11.5 Å². The van der Waals surface area contributed by atoms with Crippen molar-refractivity contribution in [1.29, 1.82) is 0 Å². The van der Waals surface area contributed by atoms with Gasteiger partial charge >= 0.3 is 0 Å². The van der Waals surface area contributed by atoms with Gasteiger partial charge in [0.1, 0.15) is 0 Å². The number of benzene rings is 1. The van der Waals surface area contributed by atoms with E-state index in [9.17, 15) is 4.79 Å². The molecule has 0 aromatic heterocycles. The third-order valence-electron chi connectivity index (χ3n) is 3.18. The van der Waals surface area contributed by atoms with E-state index in [2.05, 4.69) is 12.2 Å². The Balaban J connectivity index is 1.86. The summed E-state index contributed by atoms with van der Waals surface area (Å²) >= 11 is 0. The summed E-state index contributed by atoms with van der Waals surface area (Å²) in [4.78, 5) is 13.1. The molecule has 1 amide bonds. The zero-order valence-corrected chi connectivity index (χ0v) is 11.6. The van der Waals surface area contributed by atoms with Crippen molar-refractivity contribution in [2.24, 2.45) is 0 Å². The molecule has 0 spiro atoms. The van der Waals surface area contributed by atoms with Gasteiger partial charge in [0.15, 0.2) is 11.5 Å². The van der Waals surface area contributed by atoms with Gasteiger partial charge in [-0.1, -0.05) is 6.07 Å². The summed E-state index contributed by atoms with van der Waals surface area (Å²) in [7, 11) is 3.53. The molecule has 0 saturated heterocycles. The third kappa shape index (κ3) is 3.38.